The number of ether oxygens (including phenoxy) is 2. The van der Waals surface area contributed by atoms with Crippen LogP contribution >= 0.6 is 0 Å². The smallest absolute Gasteiger partial charge is 0.410 e. The Balaban J connectivity index is 1.70. The predicted molar refractivity (Wildman–Crippen MR) is 86.0 cm³/mol. The first kappa shape index (κ1) is 15.8. The van der Waals surface area contributed by atoms with Crippen molar-refractivity contribution in [2.75, 3.05) is 20.2 Å². The summed E-state index contributed by atoms with van der Waals surface area (Å²) in [5, 5.41) is 0. The molecule has 1 aliphatic heterocycles. The van der Waals surface area contributed by atoms with Gasteiger partial charge in [0, 0.05) is 31.4 Å². The molecule has 6 nitrogen and oxygen atoms in total. The third-order valence-electron chi connectivity index (χ3n) is 4.20. The first-order valence-electron chi connectivity index (χ1n) is 7.91. The van der Waals surface area contributed by atoms with Gasteiger partial charge < -0.3 is 14.4 Å². The van der Waals surface area contributed by atoms with Crippen LogP contribution in [0.1, 0.15) is 32.9 Å². The van der Waals surface area contributed by atoms with Crippen molar-refractivity contribution < 1.29 is 14.3 Å². The van der Waals surface area contributed by atoms with Crippen molar-refractivity contribution in [3.63, 3.8) is 0 Å². The fraction of sp³-hybridized carbons (Fsp3) is 0.588. The highest BCUT2D eigenvalue weighted by Crippen LogP contribution is 2.42. The number of carbonyl (C=O) groups is 1. The van der Waals surface area contributed by atoms with E-state index < -0.39 is 5.60 Å². The van der Waals surface area contributed by atoms with E-state index in [-0.39, 0.29) is 6.09 Å². The molecule has 23 heavy (non-hydrogen) atoms. The van der Waals surface area contributed by atoms with Gasteiger partial charge in [0.2, 0.25) is 5.88 Å². The number of amides is 1. The average molecular weight is 317 g/mol. The van der Waals surface area contributed by atoms with E-state index in [1.165, 1.54) is 0 Å². The molecule has 0 spiro atoms. The van der Waals surface area contributed by atoms with Crippen LogP contribution in [0.25, 0.3) is 5.57 Å². The molecule has 1 fully saturated rings. The summed E-state index contributed by atoms with van der Waals surface area (Å²) in [5.74, 6) is 1.33. The van der Waals surface area contributed by atoms with Gasteiger partial charge >= 0.3 is 6.09 Å². The van der Waals surface area contributed by atoms with E-state index in [0.29, 0.717) is 24.3 Å². The normalized spacial score (nSPS) is 23.5. The largest absolute Gasteiger partial charge is 0.479 e. The van der Waals surface area contributed by atoms with E-state index in [4.69, 9.17) is 9.47 Å². The first-order valence-corrected chi connectivity index (χ1v) is 7.91. The number of fused-ring (bicyclic) bond motifs is 1. The van der Waals surface area contributed by atoms with E-state index in [0.717, 1.165) is 24.2 Å². The minimum Gasteiger partial charge on any atom is -0.479 e. The molecule has 1 aromatic heterocycles. The van der Waals surface area contributed by atoms with Gasteiger partial charge in [0.05, 0.1) is 7.11 Å². The summed E-state index contributed by atoms with van der Waals surface area (Å²) in [5.41, 5.74) is 1.52. The van der Waals surface area contributed by atoms with Gasteiger partial charge in [-0.05, 0) is 38.7 Å². The molecule has 2 aliphatic rings. The molecule has 6 heteroatoms. The Morgan fingerprint density at radius 1 is 1.26 bits per heavy atom. The molecular weight excluding hydrogens is 294 g/mol. The molecule has 0 bridgehead atoms. The first-order chi connectivity index (χ1) is 10.9. The maximum Gasteiger partial charge on any atom is 0.410 e. The summed E-state index contributed by atoms with van der Waals surface area (Å²) >= 11 is 0. The van der Waals surface area contributed by atoms with E-state index in [2.05, 4.69) is 16.0 Å². The van der Waals surface area contributed by atoms with Gasteiger partial charge in [-0.15, -0.1) is 0 Å². The molecule has 3 rings (SSSR count). The summed E-state index contributed by atoms with van der Waals surface area (Å²) in [6, 6.07) is 0. The van der Waals surface area contributed by atoms with Gasteiger partial charge in [0.25, 0.3) is 0 Å². The summed E-state index contributed by atoms with van der Waals surface area (Å²) in [7, 11) is 1.61. The number of nitrogens with zero attached hydrogens (tertiary/aromatic N) is 3. The quantitative estimate of drug-likeness (QED) is 0.839. The lowest BCUT2D eigenvalue weighted by Crippen LogP contribution is -2.35. The highest BCUT2D eigenvalue weighted by atomic mass is 16.6. The van der Waals surface area contributed by atoms with Crippen LogP contribution in [0.5, 0.6) is 5.88 Å². The van der Waals surface area contributed by atoms with Crippen molar-refractivity contribution in [3.05, 3.63) is 24.2 Å². The second-order valence-electron chi connectivity index (χ2n) is 7.12. The Hall–Kier alpha value is -2.11. The zero-order chi connectivity index (χ0) is 16.6. The SMILES string of the molecule is COc1nccnc1C1=CC2CN(C(=O)OC(C)(C)C)CC2C1. The molecule has 0 N–H and O–H groups in total. The van der Waals surface area contributed by atoms with Crippen molar-refractivity contribution in [3.8, 4) is 5.88 Å². The standard InChI is InChI=1S/C17H23N3O3/c1-17(2,3)23-16(21)20-9-12-7-11(8-13(12)10-20)14-15(22-4)19-6-5-18-14/h5-7,12-13H,8-10H2,1-4H3. The molecular formula is C17H23N3O3. The number of methoxy groups -OCH3 is 1. The Bertz CT molecular complexity index is 636. The van der Waals surface area contributed by atoms with Gasteiger partial charge in [-0.3, -0.25) is 0 Å². The van der Waals surface area contributed by atoms with E-state index >= 15 is 0 Å². The van der Waals surface area contributed by atoms with Crippen LogP contribution in [0.15, 0.2) is 18.5 Å². The summed E-state index contributed by atoms with van der Waals surface area (Å²) in [4.78, 5) is 22.6. The van der Waals surface area contributed by atoms with Crippen LogP contribution in [0.2, 0.25) is 0 Å². The van der Waals surface area contributed by atoms with Crippen molar-refractivity contribution >= 4 is 11.7 Å². The number of allylic oxidation sites excluding steroid dienone is 1. The van der Waals surface area contributed by atoms with E-state index in [1.54, 1.807) is 19.5 Å². The maximum atomic E-state index is 12.2. The lowest BCUT2D eigenvalue weighted by molar-refractivity contribution is 0.0285. The summed E-state index contributed by atoms with van der Waals surface area (Å²) < 4.78 is 10.8. The van der Waals surface area contributed by atoms with Crippen molar-refractivity contribution in [2.45, 2.75) is 32.8 Å². The molecule has 0 saturated carbocycles. The van der Waals surface area contributed by atoms with Gasteiger partial charge in [-0.2, -0.15) is 0 Å². The van der Waals surface area contributed by atoms with Crippen LogP contribution < -0.4 is 4.74 Å². The second-order valence-corrected chi connectivity index (χ2v) is 7.12. The monoisotopic (exact) mass is 317 g/mol. The molecule has 2 heterocycles. The van der Waals surface area contributed by atoms with Crippen molar-refractivity contribution in [1.29, 1.82) is 0 Å². The van der Waals surface area contributed by atoms with Crippen molar-refractivity contribution in [1.82, 2.24) is 14.9 Å². The zero-order valence-corrected chi connectivity index (χ0v) is 14.1. The minimum absolute atomic E-state index is 0.223. The number of carbonyl (C=O) groups excluding carboxylic acids is 1. The summed E-state index contributed by atoms with van der Waals surface area (Å²) in [6.45, 7) is 7.09. The van der Waals surface area contributed by atoms with Crippen molar-refractivity contribution in [2.24, 2.45) is 11.8 Å². The van der Waals surface area contributed by atoms with Crippen LogP contribution in [0.3, 0.4) is 0 Å². The number of likely N-dealkylation sites (tertiary alicyclic amines) is 1. The second kappa shape index (κ2) is 5.83. The molecule has 2 atom stereocenters. The molecule has 1 saturated heterocycles. The van der Waals surface area contributed by atoms with E-state index in [9.17, 15) is 4.79 Å². The minimum atomic E-state index is -0.456. The topological polar surface area (TPSA) is 64.6 Å². The molecule has 2 unspecified atom stereocenters. The van der Waals surface area contributed by atoms with Crippen LogP contribution in [-0.2, 0) is 4.74 Å². The fourth-order valence-electron chi connectivity index (χ4n) is 3.26. The Labute approximate surface area is 136 Å². The molecule has 1 aliphatic carbocycles. The lowest BCUT2D eigenvalue weighted by Gasteiger charge is -2.24. The Morgan fingerprint density at radius 2 is 2.00 bits per heavy atom. The average Bonchev–Trinajstić information content (AvgIpc) is 3.03. The third kappa shape index (κ3) is 3.30. The number of hydrogen-bond acceptors (Lipinski definition) is 5. The van der Waals surface area contributed by atoms with E-state index in [1.807, 2.05) is 25.7 Å². The number of aromatic nitrogens is 2. The van der Waals surface area contributed by atoms with Crippen LogP contribution in [-0.4, -0.2) is 46.8 Å². The maximum absolute atomic E-state index is 12.2. The number of hydrogen-bond donors (Lipinski definition) is 0. The lowest BCUT2D eigenvalue weighted by atomic mass is 9.99. The molecule has 124 valence electrons. The van der Waals surface area contributed by atoms with Crippen LogP contribution in [0, 0.1) is 11.8 Å². The highest BCUT2D eigenvalue weighted by Gasteiger charge is 2.40. The van der Waals surface area contributed by atoms with Crippen LogP contribution in [0.4, 0.5) is 4.79 Å². The molecule has 1 aromatic rings. The van der Waals surface area contributed by atoms with Gasteiger partial charge in [0.15, 0.2) is 0 Å². The zero-order valence-electron chi connectivity index (χ0n) is 14.1. The van der Waals surface area contributed by atoms with Gasteiger partial charge in [-0.1, -0.05) is 6.08 Å². The molecule has 0 radical (unpaired) electrons. The Morgan fingerprint density at radius 3 is 2.65 bits per heavy atom. The molecule has 0 aromatic carbocycles. The third-order valence-corrected chi connectivity index (χ3v) is 4.20. The predicted octanol–water partition coefficient (Wildman–Crippen LogP) is 2.76. The van der Waals surface area contributed by atoms with Gasteiger partial charge in [0.1, 0.15) is 11.3 Å². The van der Waals surface area contributed by atoms with Gasteiger partial charge in [-0.25, -0.2) is 14.8 Å². The highest BCUT2D eigenvalue weighted by molar-refractivity contribution is 5.72. The Kier molecular flexibility index (Phi) is 4.00. The molecule has 1 amide bonds. The fourth-order valence-corrected chi connectivity index (χ4v) is 3.26. The summed E-state index contributed by atoms with van der Waals surface area (Å²) in [6.07, 6.45) is 6.18. The number of rotatable bonds is 2.